The first-order valence-corrected chi connectivity index (χ1v) is 12.7. The Morgan fingerprint density at radius 2 is 1.66 bits per heavy atom. The number of hydrogen-bond donors (Lipinski definition) is 0. The van der Waals surface area contributed by atoms with E-state index < -0.39 is 0 Å². The van der Waals surface area contributed by atoms with Crippen molar-refractivity contribution in [3.63, 3.8) is 0 Å². The normalized spacial score (nSPS) is 14.5. The van der Waals surface area contributed by atoms with Gasteiger partial charge in [-0.05, 0) is 78.4 Å². The van der Waals surface area contributed by atoms with Gasteiger partial charge in [-0.15, -0.1) is 11.3 Å². The number of amides is 1. The number of para-hydroxylation sites is 1. The number of hydrogen-bond acceptors (Lipinski definition) is 4. The van der Waals surface area contributed by atoms with Crippen molar-refractivity contribution in [2.24, 2.45) is 0 Å². The SMILES string of the molecule is O=C(c1cccs1)N(c1ccc(F)cc1)C1CCN(Cc2cccc(Oc3ccccc3)c2)CC1. The van der Waals surface area contributed by atoms with E-state index in [0.29, 0.717) is 4.88 Å². The standard InChI is InChI=1S/C29H27FN2O2S/c30-23-11-13-24(14-12-23)32(29(33)28-10-5-19-35-28)25-15-17-31(18-16-25)21-22-6-4-9-27(20-22)34-26-7-2-1-3-8-26/h1-14,19-20,25H,15-18,21H2. The molecule has 0 saturated carbocycles. The number of piperidine rings is 1. The van der Waals surface area contributed by atoms with Gasteiger partial charge in [0.2, 0.25) is 0 Å². The van der Waals surface area contributed by atoms with Gasteiger partial charge < -0.3 is 9.64 Å². The van der Waals surface area contributed by atoms with Crippen LogP contribution in [0.1, 0.15) is 28.1 Å². The van der Waals surface area contributed by atoms with Crippen LogP contribution in [0.3, 0.4) is 0 Å². The lowest BCUT2D eigenvalue weighted by atomic mass is 10.0. The Labute approximate surface area is 209 Å². The summed E-state index contributed by atoms with van der Waals surface area (Å²) in [6.45, 7) is 2.59. The molecule has 4 aromatic rings. The number of carbonyl (C=O) groups is 1. The number of rotatable bonds is 7. The van der Waals surface area contributed by atoms with Crippen LogP contribution >= 0.6 is 11.3 Å². The van der Waals surface area contributed by atoms with Crippen LogP contribution in [0.5, 0.6) is 11.5 Å². The molecule has 4 nitrogen and oxygen atoms in total. The van der Waals surface area contributed by atoms with E-state index in [1.54, 1.807) is 12.1 Å². The molecular formula is C29H27FN2O2S. The minimum Gasteiger partial charge on any atom is -0.457 e. The summed E-state index contributed by atoms with van der Waals surface area (Å²) in [6.07, 6.45) is 1.71. The number of carbonyl (C=O) groups excluding carboxylic acids is 1. The van der Waals surface area contributed by atoms with Gasteiger partial charge in [-0.2, -0.15) is 0 Å². The van der Waals surface area contributed by atoms with E-state index in [0.717, 1.165) is 49.7 Å². The first-order valence-electron chi connectivity index (χ1n) is 11.8. The van der Waals surface area contributed by atoms with Crippen molar-refractivity contribution >= 4 is 22.9 Å². The highest BCUT2D eigenvalue weighted by Crippen LogP contribution is 2.29. The lowest BCUT2D eigenvalue weighted by Crippen LogP contribution is -2.47. The quantitative estimate of drug-likeness (QED) is 0.282. The van der Waals surface area contributed by atoms with Crippen molar-refractivity contribution in [2.75, 3.05) is 18.0 Å². The maximum Gasteiger partial charge on any atom is 0.268 e. The van der Waals surface area contributed by atoms with E-state index in [2.05, 4.69) is 17.0 Å². The van der Waals surface area contributed by atoms with Gasteiger partial charge in [0.15, 0.2) is 0 Å². The summed E-state index contributed by atoms with van der Waals surface area (Å²) >= 11 is 1.44. The van der Waals surface area contributed by atoms with Crippen LogP contribution in [0.15, 0.2) is 96.4 Å². The summed E-state index contributed by atoms with van der Waals surface area (Å²) in [5.74, 6) is 1.33. The highest BCUT2D eigenvalue weighted by Gasteiger charge is 2.30. The van der Waals surface area contributed by atoms with Crippen molar-refractivity contribution in [1.29, 1.82) is 0 Å². The molecule has 3 aromatic carbocycles. The Hall–Kier alpha value is -3.48. The maximum absolute atomic E-state index is 13.6. The van der Waals surface area contributed by atoms with Gasteiger partial charge in [-0.3, -0.25) is 9.69 Å². The fourth-order valence-corrected chi connectivity index (χ4v) is 5.20. The summed E-state index contributed by atoms with van der Waals surface area (Å²) in [5.41, 5.74) is 1.94. The third-order valence-electron chi connectivity index (χ3n) is 6.26. The molecule has 1 aromatic heterocycles. The number of likely N-dealkylation sites (tertiary alicyclic amines) is 1. The molecule has 5 rings (SSSR count). The van der Waals surface area contributed by atoms with E-state index in [4.69, 9.17) is 4.74 Å². The molecule has 0 bridgehead atoms. The second-order valence-corrected chi connectivity index (χ2v) is 9.65. The zero-order chi connectivity index (χ0) is 24.0. The first-order chi connectivity index (χ1) is 17.2. The molecule has 1 aliphatic rings. The Balaban J connectivity index is 1.25. The molecule has 178 valence electrons. The molecule has 1 fully saturated rings. The molecular weight excluding hydrogens is 459 g/mol. The van der Waals surface area contributed by atoms with Gasteiger partial charge in [0.05, 0.1) is 4.88 Å². The van der Waals surface area contributed by atoms with Crippen LogP contribution < -0.4 is 9.64 Å². The Morgan fingerprint density at radius 1 is 0.914 bits per heavy atom. The molecule has 1 aliphatic heterocycles. The monoisotopic (exact) mass is 486 g/mol. The highest BCUT2D eigenvalue weighted by atomic mass is 32.1. The molecule has 1 amide bonds. The van der Waals surface area contributed by atoms with Crippen molar-refractivity contribution in [3.05, 3.63) is 113 Å². The largest absolute Gasteiger partial charge is 0.457 e. The highest BCUT2D eigenvalue weighted by molar-refractivity contribution is 7.12. The lowest BCUT2D eigenvalue weighted by molar-refractivity contribution is 0.0962. The minimum absolute atomic E-state index is 0.0178. The van der Waals surface area contributed by atoms with Gasteiger partial charge in [0.1, 0.15) is 17.3 Å². The number of ether oxygens (including phenoxy) is 1. The molecule has 1 saturated heterocycles. The molecule has 0 aliphatic carbocycles. The van der Waals surface area contributed by atoms with Gasteiger partial charge in [-0.25, -0.2) is 4.39 Å². The van der Waals surface area contributed by atoms with Crippen LogP contribution in [0, 0.1) is 5.82 Å². The van der Waals surface area contributed by atoms with Crippen LogP contribution in [-0.2, 0) is 6.54 Å². The summed E-state index contributed by atoms with van der Waals surface area (Å²) in [4.78, 5) is 18.3. The molecule has 6 heteroatoms. The zero-order valence-electron chi connectivity index (χ0n) is 19.3. The van der Waals surface area contributed by atoms with Crippen LogP contribution in [0.25, 0.3) is 0 Å². The molecule has 0 N–H and O–H groups in total. The van der Waals surface area contributed by atoms with E-state index in [9.17, 15) is 9.18 Å². The average molecular weight is 487 g/mol. The summed E-state index contributed by atoms with van der Waals surface area (Å²) in [5, 5.41) is 1.91. The third kappa shape index (κ3) is 5.78. The van der Waals surface area contributed by atoms with Gasteiger partial charge >= 0.3 is 0 Å². The number of benzene rings is 3. The van der Waals surface area contributed by atoms with E-state index in [1.807, 2.05) is 64.9 Å². The predicted octanol–water partition coefficient (Wildman–Crippen LogP) is 6.99. The van der Waals surface area contributed by atoms with E-state index in [1.165, 1.54) is 29.0 Å². The molecule has 35 heavy (non-hydrogen) atoms. The second-order valence-electron chi connectivity index (χ2n) is 8.70. The van der Waals surface area contributed by atoms with Crippen molar-refractivity contribution in [2.45, 2.75) is 25.4 Å². The lowest BCUT2D eigenvalue weighted by Gasteiger charge is -2.38. The van der Waals surface area contributed by atoms with Gasteiger partial charge in [0, 0.05) is 31.4 Å². The topological polar surface area (TPSA) is 32.8 Å². The van der Waals surface area contributed by atoms with Gasteiger partial charge in [-0.1, -0.05) is 36.4 Å². The van der Waals surface area contributed by atoms with E-state index in [-0.39, 0.29) is 17.8 Å². The van der Waals surface area contributed by atoms with Crippen molar-refractivity contribution < 1.29 is 13.9 Å². The maximum atomic E-state index is 13.6. The molecule has 0 spiro atoms. The first kappa shape index (κ1) is 23.3. The predicted molar refractivity (Wildman–Crippen MR) is 139 cm³/mol. The summed E-state index contributed by atoms with van der Waals surface area (Å²) < 4.78 is 19.5. The number of anilines is 1. The molecule has 0 radical (unpaired) electrons. The fourth-order valence-electron chi connectivity index (χ4n) is 4.54. The molecule has 0 atom stereocenters. The van der Waals surface area contributed by atoms with Crippen LogP contribution in [-0.4, -0.2) is 29.9 Å². The summed E-state index contributed by atoms with van der Waals surface area (Å²) in [6, 6.07) is 28.0. The fraction of sp³-hybridized carbons (Fsp3) is 0.207. The van der Waals surface area contributed by atoms with Crippen molar-refractivity contribution in [3.8, 4) is 11.5 Å². The Kier molecular flexibility index (Phi) is 7.21. The number of nitrogens with zero attached hydrogens (tertiary/aromatic N) is 2. The van der Waals surface area contributed by atoms with E-state index >= 15 is 0 Å². The Morgan fingerprint density at radius 3 is 2.37 bits per heavy atom. The number of thiophene rings is 1. The second kappa shape index (κ2) is 10.8. The number of halogens is 1. The Bertz CT molecular complexity index is 1240. The van der Waals surface area contributed by atoms with Crippen LogP contribution in [0.4, 0.5) is 10.1 Å². The average Bonchev–Trinajstić information content (AvgIpc) is 3.42. The molecule has 0 unspecified atom stereocenters. The van der Waals surface area contributed by atoms with Gasteiger partial charge in [0.25, 0.3) is 5.91 Å². The minimum atomic E-state index is -0.300. The van der Waals surface area contributed by atoms with Crippen LogP contribution in [0.2, 0.25) is 0 Å². The third-order valence-corrected chi connectivity index (χ3v) is 7.12. The zero-order valence-corrected chi connectivity index (χ0v) is 20.2. The summed E-state index contributed by atoms with van der Waals surface area (Å²) in [7, 11) is 0. The smallest absolute Gasteiger partial charge is 0.268 e. The van der Waals surface area contributed by atoms with Crippen molar-refractivity contribution in [1.82, 2.24) is 4.90 Å². The molecule has 2 heterocycles.